The molecule has 1 unspecified atom stereocenters. The van der Waals surface area contributed by atoms with Gasteiger partial charge >= 0.3 is 0 Å². The number of halogens is 2. The molecule has 0 bridgehead atoms. The van der Waals surface area contributed by atoms with E-state index < -0.39 is 17.8 Å². The van der Waals surface area contributed by atoms with Gasteiger partial charge in [-0.3, -0.25) is 24.5 Å². The van der Waals surface area contributed by atoms with E-state index in [0.717, 1.165) is 5.56 Å². The summed E-state index contributed by atoms with van der Waals surface area (Å²) in [5, 5.41) is 2.30. The van der Waals surface area contributed by atoms with E-state index in [1.165, 1.54) is 11.0 Å². The number of nitrogens with zero attached hydrogens (tertiary/aromatic N) is 2. The number of imide groups is 1. The van der Waals surface area contributed by atoms with Crippen molar-refractivity contribution in [1.29, 1.82) is 0 Å². The molecule has 31 heavy (non-hydrogen) atoms. The van der Waals surface area contributed by atoms with E-state index in [-0.39, 0.29) is 48.7 Å². The van der Waals surface area contributed by atoms with Crippen LogP contribution in [0.25, 0.3) is 0 Å². The van der Waals surface area contributed by atoms with Crippen LogP contribution in [-0.2, 0) is 29.2 Å². The molecule has 2 aromatic carbocycles. The van der Waals surface area contributed by atoms with Crippen molar-refractivity contribution in [2.24, 2.45) is 0 Å². The second kappa shape index (κ2) is 7.16. The van der Waals surface area contributed by atoms with Crippen molar-refractivity contribution in [3.8, 4) is 0 Å². The van der Waals surface area contributed by atoms with E-state index in [1.807, 2.05) is 0 Å². The van der Waals surface area contributed by atoms with Gasteiger partial charge in [-0.2, -0.15) is 0 Å². The van der Waals surface area contributed by atoms with Gasteiger partial charge in [0, 0.05) is 37.2 Å². The van der Waals surface area contributed by atoms with Crippen LogP contribution in [0.1, 0.15) is 50.2 Å². The number of fused-ring (bicyclic) bond motifs is 2. The van der Waals surface area contributed by atoms with E-state index in [4.69, 9.17) is 11.6 Å². The van der Waals surface area contributed by atoms with Gasteiger partial charge in [-0.15, -0.1) is 0 Å². The fourth-order valence-electron chi connectivity index (χ4n) is 4.44. The fourth-order valence-corrected chi connectivity index (χ4v) is 4.68. The average Bonchev–Trinajstić information content (AvgIpc) is 3.32. The minimum atomic E-state index is -0.707. The molecule has 2 aromatic rings. The molecular formula is C22H17ClFN3O4. The van der Waals surface area contributed by atoms with Crippen molar-refractivity contribution >= 4 is 35.2 Å². The molecule has 7 nitrogen and oxygen atoms in total. The van der Waals surface area contributed by atoms with Crippen LogP contribution in [0.3, 0.4) is 0 Å². The van der Waals surface area contributed by atoms with Gasteiger partial charge in [0.25, 0.3) is 11.8 Å². The molecule has 1 atom stereocenters. The Balaban J connectivity index is 1.36. The van der Waals surface area contributed by atoms with E-state index >= 15 is 0 Å². The lowest BCUT2D eigenvalue weighted by Crippen LogP contribution is -2.52. The third-order valence-electron chi connectivity index (χ3n) is 6.06. The molecule has 0 aromatic heterocycles. The van der Waals surface area contributed by atoms with Crippen LogP contribution in [0.4, 0.5) is 4.39 Å². The van der Waals surface area contributed by atoms with Gasteiger partial charge in [0.15, 0.2) is 0 Å². The highest BCUT2D eigenvalue weighted by Crippen LogP contribution is 2.33. The molecule has 1 saturated heterocycles. The zero-order valence-electron chi connectivity index (χ0n) is 16.3. The van der Waals surface area contributed by atoms with Gasteiger partial charge in [-0.25, -0.2) is 4.39 Å². The van der Waals surface area contributed by atoms with Gasteiger partial charge in [0.1, 0.15) is 11.9 Å². The Morgan fingerprint density at radius 3 is 2.65 bits per heavy atom. The number of hydrogen-bond donors (Lipinski definition) is 1. The standard InChI is InChI=1S/C22H17ClFN3O4/c23-19-15-10-26(8-12(15)2-4-16(19)24)21(30)11-1-3-14-13(7-11)9-27(22(14)31)17-5-6-18(28)25-20(17)29/h1-4,7,17H,5-6,8-10H2,(H,25,28,29). The van der Waals surface area contributed by atoms with Crippen LogP contribution in [0.15, 0.2) is 30.3 Å². The molecule has 5 rings (SSSR count). The third-order valence-corrected chi connectivity index (χ3v) is 6.47. The van der Waals surface area contributed by atoms with Crippen LogP contribution in [-0.4, -0.2) is 39.5 Å². The topological polar surface area (TPSA) is 86.8 Å². The zero-order chi connectivity index (χ0) is 21.9. The number of amides is 4. The first kappa shape index (κ1) is 19.7. The zero-order valence-corrected chi connectivity index (χ0v) is 17.0. The van der Waals surface area contributed by atoms with Gasteiger partial charge in [-0.1, -0.05) is 17.7 Å². The molecule has 4 amide bonds. The SMILES string of the molecule is O=C1CCC(N2Cc3cc(C(=O)N4Cc5ccc(F)c(Cl)c5C4)ccc3C2=O)C(=O)N1. The molecule has 0 spiro atoms. The van der Waals surface area contributed by atoms with Crippen molar-refractivity contribution in [2.45, 2.75) is 38.5 Å². The highest BCUT2D eigenvalue weighted by molar-refractivity contribution is 6.31. The summed E-state index contributed by atoms with van der Waals surface area (Å²) < 4.78 is 13.7. The number of hydrogen-bond acceptors (Lipinski definition) is 4. The van der Waals surface area contributed by atoms with E-state index in [9.17, 15) is 23.6 Å². The Bertz CT molecular complexity index is 1180. The summed E-state index contributed by atoms with van der Waals surface area (Å²) in [6.45, 7) is 0.731. The molecule has 1 N–H and O–H groups in total. The second-order valence-electron chi connectivity index (χ2n) is 7.93. The lowest BCUT2D eigenvalue weighted by molar-refractivity contribution is -0.136. The summed E-state index contributed by atoms with van der Waals surface area (Å²) >= 11 is 6.05. The minimum Gasteiger partial charge on any atom is -0.330 e. The quantitative estimate of drug-likeness (QED) is 0.725. The van der Waals surface area contributed by atoms with Crippen LogP contribution in [0.5, 0.6) is 0 Å². The van der Waals surface area contributed by atoms with Gasteiger partial charge < -0.3 is 9.80 Å². The normalized spacial score (nSPS) is 20.1. The molecule has 3 aliphatic rings. The van der Waals surface area contributed by atoms with Crippen LogP contribution in [0, 0.1) is 5.82 Å². The fraction of sp³-hybridized carbons (Fsp3) is 0.273. The van der Waals surface area contributed by atoms with E-state index in [2.05, 4.69) is 5.32 Å². The Morgan fingerprint density at radius 1 is 1.06 bits per heavy atom. The summed E-state index contributed by atoms with van der Waals surface area (Å²) in [6.07, 6.45) is 0.457. The van der Waals surface area contributed by atoms with Crippen LogP contribution >= 0.6 is 11.6 Å². The lowest BCUT2D eigenvalue weighted by Gasteiger charge is -2.29. The molecule has 1 fully saturated rings. The molecule has 0 saturated carbocycles. The summed E-state index contributed by atoms with van der Waals surface area (Å²) in [7, 11) is 0. The molecule has 158 valence electrons. The molecule has 3 heterocycles. The van der Waals surface area contributed by atoms with E-state index in [1.54, 1.807) is 29.2 Å². The van der Waals surface area contributed by atoms with Crippen molar-refractivity contribution in [3.05, 3.63) is 69.0 Å². The highest BCUT2D eigenvalue weighted by Gasteiger charge is 2.39. The Kier molecular flexibility index (Phi) is 4.55. The first-order valence-corrected chi connectivity index (χ1v) is 10.2. The van der Waals surface area contributed by atoms with Crippen LogP contribution in [0.2, 0.25) is 5.02 Å². The molecule has 9 heteroatoms. The molecule has 0 aliphatic carbocycles. The maximum Gasteiger partial charge on any atom is 0.255 e. The van der Waals surface area contributed by atoms with Gasteiger partial charge in [0.05, 0.1) is 5.02 Å². The van der Waals surface area contributed by atoms with Gasteiger partial charge in [0.2, 0.25) is 11.8 Å². The Labute approximate surface area is 181 Å². The second-order valence-corrected chi connectivity index (χ2v) is 8.31. The monoisotopic (exact) mass is 441 g/mol. The number of rotatable bonds is 2. The molecule has 3 aliphatic heterocycles. The third kappa shape index (κ3) is 3.18. The number of benzene rings is 2. The smallest absolute Gasteiger partial charge is 0.255 e. The predicted molar refractivity (Wildman–Crippen MR) is 107 cm³/mol. The maximum absolute atomic E-state index is 13.7. The van der Waals surface area contributed by atoms with Crippen molar-refractivity contribution in [3.63, 3.8) is 0 Å². The van der Waals surface area contributed by atoms with Crippen LogP contribution < -0.4 is 5.32 Å². The summed E-state index contributed by atoms with van der Waals surface area (Å²) in [5.74, 6) is -1.88. The number of nitrogens with one attached hydrogen (secondary N) is 1. The highest BCUT2D eigenvalue weighted by atomic mass is 35.5. The van der Waals surface area contributed by atoms with Crippen molar-refractivity contribution < 1.29 is 23.6 Å². The number of carbonyl (C=O) groups excluding carboxylic acids is 4. The largest absolute Gasteiger partial charge is 0.330 e. The molecule has 0 radical (unpaired) electrons. The lowest BCUT2D eigenvalue weighted by atomic mass is 10.0. The Hall–Kier alpha value is -3.26. The van der Waals surface area contributed by atoms with Gasteiger partial charge in [-0.05, 0) is 47.4 Å². The first-order valence-electron chi connectivity index (χ1n) is 9.86. The summed E-state index contributed by atoms with van der Waals surface area (Å²) in [6, 6.07) is 7.04. The van der Waals surface area contributed by atoms with E-state index in [0.29, 0.717) is 28.8 Å². The Morgan fingerprint density at radius 2 is 1.87 bits per heavy atom. The average molecular weight is 442 g/mol. The maximum atomic E-state index is 13.7. The minimum absolute atomic E-state index is 0.0345. The number of piperidine rings is 1. The van der Waals surface area contributed by atoms with Crippen molar-refractivity contribution in [1.82, 2.24) is 15.1 Å². The summed E-state index contributed by atoms with van der Waals surface area (Å²) in [4.78, 5) is 52.4. The first-order chi connectivity index (χ1) is 14.8. The molecular weight excluding hydrogens is 425 g/mol. The predicted octanol–water partition coefficient (Wildman–Crippen LogP) is 2.40. The number of carbonyl (C=O) groups is 4. The van der Waals surface area contributed by atoms with Crippen molar-refractivity contribution in [2.75, 3.05) is 0 Å². The summed E-state index contributed by atoms with van der Waals surface area (Å²) in [5.41, 5.74) is 2.91.